The van der Waals surface area contributed by atoms with E-state index in [1.54, 1.807) is 11.3 Å². The molecule has 2 aromatic rings. The number of nitrogens with two attached hydrogens (primary N) is 1. The van der Waals surface area contributed by atoms with Gasteiger partial charge in [0.25, 0.3) is 0 Å². The Balaban J connectivity index is 2.11. The smallest absolute Gasteiger partial charge is 0.0445 e. The van der Waals surface area contributed by atoms with E-state index in [4.69, 9.17) is 5.73 Å². The normalized spacial score (nSPS) is 12.7. The number of hydrogen-bond donors (Lipinski definition) is 1. The van der Waals surface area contributed by atoms with Crippen molar-refractivity contribution in [3.8, 4) is 0 Å². The van der Waals surface area contributed by atoms with E-state index in [9.17, 15) is 0 Å². The molecule has 1 unspecified atom stereocenters. The first-order valence-electron chi connectivity index (χ1n) is 5.80. The molecule has 17 heavy (non-hydrogen) atoms. The highest BCUT2D eigenvalue weighted by atomic mass is 32.1. The van der Waals surface area contributed by atoms with Gasteiger partial charge in [-0.15, -0.1) is 11.3 Å². The molecule has 0 radical (unpaired) electrons. The minimum Gasteiger partial charge on any atom is -0.323 e. The van der Waals surface area contributed by atoms with E-state index >= 15 is 0 Å². The van der Waals surface area contributed by atoms with Crippen LogP contribution >= 0.6 is 11.3 Å². The van der Waals surface area contributed by atoms with E-state index in [1.807, 2.05) is 13.1 Å². The highest BCUT2D eigenvalue weighted by Gasteiger charge is 2.11. The van der Waals surface area contributed by atoms with Crippen LogP contribution in [-0.2, 0) is 6.42 Å². The average Bonchev–Trinajstić information content (AvgIpc) is 2.63. The molecule has 0 aliphatic rings. The lowest BCUT2D eigenvalue weighted by Gasteiger charge is -2.08. The van der Waals surface area contributed by atoms with Crippen molar-refractivity contribution >= 4 is 11.3 Å². The van der Waals surface area contributed by atoms with Gasteiger partial charge < -0.3 is 5.73 Å². The number of nitrogens with zero attached hydrogens (tertiary/aromatic N) is 1. The summed E-state index contributed by atoms with van der Waals surface area (Å²) < 4.78 is 0. The van der Waals surface area contributed by atoms with Gasteiger partial charge in [-0.2, -0.15) is 0 Å². The second-order valence-electron chi connectivity index (χ2n) is 4.53. The Bertz CT molecular complexity index is 480. The molecule has 3 heteroatoms. The molecule has 0 amide bonds. The Morgan fingerprint density at radius 1 is 1.29 bits per heavy atom. The third kappa shape index (κ3) is 2.93. The van der Waals surface area contributed by atoms with Gasteiger partial charge in [-0.25, -0.2) is 0 Å². The standard InChI is InChI=1S/C14H18N2S/c1-9-4-5-12(16-8-9)7-13(15)14-6-10(2)11(3)17-14/h4-6,8,13H,7,15H2,1-3H3. The Hall–Kier alpha value is -1.19. The van der Waals surface area contributed by atoms with Crippen molar-refractivity contribution in [1.82, 2.24) is 4.98 Å². The summed E-state index contributed by atoms with van der Waals surface area (Å²) in [5.74, 6) is 0. The van der Waals surface area contributed by atoms with Crippen LogP contribution in [0.3, 0.4) is 0 Å². The van der Waals surface area contributed by atoms with E-state index in [-0.39, 0.29) is 6.04 Å². The van der Waals surface area contributed by atoms with Gasteiger partial charge in [0.15, 0.2) is 0 Å². The average molecular weight is 246 g/mol. The molecule has 2 aromatic heterocycles. The minimum absolute atomic E-state index is 0.0580. The van der Waals surface area contributed by atoms with Crippen molar-refractivity contribution < 1.29 is 0 Å². The topological polar surface area (TPSA) is 38.9 Å². The van der Waals surface area contributed by atoms with Gasteiger partial charge in [0, 0.05) is 34.1 Å². The number of aromatic nitrogens is 1. The molecular formula is C14H18N2S. The Morgan fingerprint density at radius 3 is 2.59 bits per heavy atom. The highest BCUT2D eigenvalue weighted by Crippen LogP contribution is 2.26. The van der Waals surface area contributed by atoms with Crippen LogP contribution in [0.25, 0.3) is 0 Å². The van der Waals surface area contributed by atoms with Gasteiger partial charge in [0.2, 0.25) is 0 Å². The van der Waals surface area contributed by atoms with Crippen LogP contribution in [-0.4, -0.2) is 4.98 Å². The van der Waals surface area contributed by atoms with Crippen molar-refractivity contribution in [1.29, 1.82) is 0 Å². The van der Waals surface area contributed by atoms with Crippen LogP contribution in [0.2, 0.25) is 0 Å². The largest absolute Gasteiger partial charge is 0.323 e. The predicted octanol–water partition coefficient (Wildman–Crippen LogP) is 3.31. The quantitative estimate of drug-likeness (QED) is 0.902. The maximum absolute atomic E-state index is 6.22. The van der Waals surface area contributed by atoms with E-state index in [0.29, 0.717) is 0 Å². The zero-order chi connectivity index (χ0) is 12.4. The van der Waals surface area contributed by atoms with Crippen LogP contribution in [0.15, 0.2) is 24.4 Å². The lowest BCUT2D eigenvalue weighted by molar-refractivity contribution is 0.719. The van der Waals surface area contributed by atoms with Gasteiger partial charge in [0.05, 0.1) is 0 Å². The van der Waals surface area contributed by atoms with Crippen LogP contribution < -0.4 is 5.73 Å². The highest BCUT2D eigenvalue weighted by molar-refractivity contribution is 7.12. The lowest BCUT2D eigenvalue weighted by Crippen LogP contribution is -2.12. The SMILES string of the molecule is Cc1ccc(CC(N)c2cc(C)c(C)s2)nc1. The van der Waals surface area contributed by atoms with Crippen molar-refractivity contribution in [3.05, 3.63) is 51.0 Å². The summed E-state index contributed by atoms with van der Waals surface area (Å²) in [6, 6.07) is 6.39. The monoisotopic (exact) mass is 246 g/mol. The minimum atomic E-state index is 0.0580. The third-order valence-electron chi connectivity index (χ3n) is 2.95. The molecular weight excluding hydrogens is 228 g/mol. The molecule has 0 saturated heterocycles. The summed E-state index contributed by atoms with van der Waals surface area (Å²) in [5, 5.41) is 0. The third-order valence-corrected chi connectivity index (χ3v) is 4.24. The summed E-state index contributed by atoms with van der Waals surface area (Å²) in [6.07, 6.45) is 2.70. The first-order valence-corrected chi connectivity index (χ1v) is 6.62. The number of thiophene rings is 1. The molecule has 2 nitrogen and oxygen atoms in total. The lowest BCUT2D eigenvalue weighted by atomic mass is 10.1. The molecule has 90 valence electrons. The van der Waals surface area contributed by atoms with E-state index in [2.05, 4.69) is 37.0 Å². The van der Waals surface area contributed by atoms with Crippen LogP contribution in [0.1, 0.15) is 32.6 Å². The molecule has 1 atom stereocenters. The molecule has 0 aliphatic heterocycles. The maximum atomic E-state index is 6.22. The summed E-state index contributed by atoms with van der Waals surface area (Å²) in [4.78, 5) is 7.00. The first-order chi connectivity index (χ1) is 8.06. The number of aryl methyl sites for hydroxylation is 3. The molecule has 0 fully saturated rings. The molecule has 0 saturated carbocycles. The van der Waals surface area contributed by atoms with Crippen molar-refractivity contribution in [2.75, 3.05) is 0 Å². The number of pyridine rings is 1. The molecule has 0 bridgehead atoms. The van der Waals surface area contributed by atoms with Gasteiger partial charge >= 0.3 is 0 Å². The molecule has 0 spiro atoms. The second-order valence-corrected chi connectivity index (χ2v) is 5.81. The molecule has 2 rings (SSSR count). The molecule has 2 N–H and O–H groups in total. The van der Waals surface area contributed by atoms with Crippen molar-refractivity contribution in [3.63, 3.8) is 0 Å². The van der Waals surface area contributed by atoms with Gasteiger partial charge in [0.1, 0.15) is 0 Å². The van der Waals surface area contributed by atoms with E-state index in [1.165, 1.54) is 20.9 Å². The van der Waals surface area contributed by atoms with Crippen molar-refractivity contribution in [2.45, 2.75) is 33.2 Å². The Morgan fingerprint density at radius 2 is 2.06 bits per heavy atom. The van der Waals surface area contributed by atoms with Gasteiger partial charge in [-0.05, 0) is 44.0 Å². The van der Waals surface area contributed by atoms with Gasteiger partial charge in [-0.3, -0.25) is 4.98 Å². The molecule has 0 aliphatic carbocycles. The number of hydrogen-bond acceptors (Lipinski definition) is 3. The van der Waals surface area contributed by atoms with Crippen LogP contribution in [0.4, 0.5) is 0 Å². The Labute approximate surface area is 107 Å². The van der Waals surface area contributed by atoms with Gasteiger partial charge in [-0.1, -0.05) is 6.07 Å². The Kier molecular flexibility index (Phi) is 3.60. The second kappa shape index (κ2) is 4.98. The van der Waals surface area contributed by atoms with Crippen LogP contribution in [0, 0.1) is 20.8 Å². The molecule has 2 heterocycles. The van der Waals surface area contributed by atoms with Crippen molar-refractivity contribution in [2.24, 2.45) is 5.73 Å². The first kappa shape index (κ1) is 12.3. The van der Waals surface area contributed by atoms with Crippen LogP contribution in [0.5, 0.6) is 0 Å². The summed E-state index contributed by atoms with van der Waals surface area (Å²) in [7, 11) is 0. The zero-order valence-corrected chi connectivity index (χ0v) is 11.3. The predicted molar refractivity (Wildman–Crippen MR) is 73.4 cm³/mol. The maximum Gasteiger partial charge on any atom is 0.0445 e. The molecule has 0 aromatic carbocycles. The van der Waals surface area contributed by atoms with E-state index in [0.717, 1.165) is 12.1 Å². The number of rotatable bonds is 3. The summed E-state index contributed by atoms with van der Waals surface area (Å²) in [6.45, 7) is 6.31. The fourth-order valence-corrected chi connectivity index (χ4v) is 2.77. The summed E-state index contributed by atoms with van der Waals surface area (Å²) in [5.41, 5.74) is 9.80. The van der Waals surface area contributed by atoms with E-state index < -0.39 is 0 Å². The fourth-order valence-electron chi connectivity index (χ4n) is 1.73. The fraction of sp³-hybridized carbons (Fsp3) is 0.357. The summed E-state index contributed by atoms with van der Waals surface area (Å²) >= 11 is 1.79. The zero-order valence-electron chi connectivity index (χ0n) is 10.5.